The molecule has 0 N–H and O–H groups in total. The molecule has 2 aromatic rings. The highest BCUT2D eigenvalue weighted by Gasteiger charge is 2.35. The summed E-state index contributed by atoms with van der Waals surface area (Å²) in [4.78, 5) is 27.0. The lowest BCUT2D eigenvalue weighted by Crippen LogP contribution is -2.48. The first kappa shape index (κ1) is 19.0. The average Bonchev–Trinajstić information content (AvgIpc) is 2.68. The number of ether oxygens (including phenoxy) is 1. The molecule has 27 heavy (non-hydrogen) atoms. The molecule has 144 valence electrons. The molecule has 0 bridgehead atoms. The summed E-state index contributed by atoms with van der Waals surface area (Å²) in [6.07, 6.45) is -3.11. The van der Waals surface area contributed by atoms with Gasteiger partial charge in [-0.2, -0.15) is 13.2 Å². The van der Waals surface area contributed by atoms with Crippen LogP contribution in [-0.4, -0.2) is 65.7 Å². The van der Waals surface area contributed by atoms with Crippen molar-refractivity contribution in [2.75, 3.05) is 44.7 Å². The first-order valence-corrected chi connectivity index (χ1v) is 8.28. The van der Waals surface area contributed by atoms with Crippen molar-refractivity contribution >= 4 is 11.8 Å². The Kier molecular flexibility index (Phi) is 5.54. The van der Waals surface area contributed by atoms with Crippen LogP contribution in [0.3, 0.4) is 0 Å². The van der Waals surface area contributed by atoms with Gasteiger partial charge in [0.05, 0.1) is 13.7 Å². The van der Waals surface area contributed by atoms with Crippen LogP contribution in [-0.2, 0) is 15.7 Å². The van der Waals surface area contributed by atoms with Gasteiger partial charge in [-0.1, -0.05) is 6.07 Å². The molecule has 0 saturated carbocycles. The van der Waals surface area contributed by atoms with Gasteiger partial charge in [-0.15, -0.1) is 0 Å². The fraction of sp³-hybridized carbons (Fsp3) is 0.412. The van der Waals surface area contributed by atoms with E-state index in [1.54, 1.807) is 23.1 Å². The van der Waals surface area contributed by atoms with Crippen LogP contribution in [0.15, 0.2) is 30.5 Å². The molecule has 1 saturated heterocycles. The number of aromatic nitrogens is 3. The number of esters is 1. The van der Waals surface area contributed by atoms with Crippen molar-refractivity contribution in [2.45, 2.75) is 6.18 Å². The van der Waals surface area contributed by atoms with Crippen LogP contribution in [0.5, 0.6) is 0 Å². The molecule has 0 amide bonds. The number of rotatable bonds is 4. The van der Waals surface area contributed by atoms with Gasteiger partial charge in [0.15, 0.2) is 11.5 Å². The molecule has 1 aliphatic heterocycles. The van der Waals surface area contributed by atoms with E-state index in [-0.39, 0.29) is 29.9 Å². The number of hydrogen-bond acceptors (Lipinski definition) is 7. The number of pyridine rings is 1. The number of carbonyl (C=O) groups is 1. The molecule has 0 aromatic carbocycles. The smallest absolute Gasteiger partial charge is 0.433 e. The molecule has 2 aromatic heterocycles. The predicted octanol–water partition coefficient (Wildman–Crippen LogP) is 1.85. The Morgan fingerprint density at radius 1 is 1.19 bits per heavy atom. The van der Waals surface area contributed by atoms with Crippen LogP contribution < -0.4 is 4.90 Å². The number of alkyl halides is 3. The maximum Gasteiger partial charge on any atom is 0.433 e. The van der Waals surface area contributed by atoms with Crippen LogP contribution in [0, 0.1) is 0 Å². The molecular formula is C17H18F3N5O2. The van der Waals surface area contributed by atoms with Crippen molar-refractivity contribution in [3.63, 3.8) is 0 Å². The van der Waals surface area contributed by atoms with E-state index >= 15 is 0 Å². The van der Waals surface area contributed by atoms with Gasteiger partial charge >= 0.3 is 12.1 Å². The third-order valence-electron chi connectivity index (χ3n) is 4.17. The summed E-state index contributed by atoms with van der Waals surface area (Å²) >= 11 is 0. The van der Waals surface area contributed by atoms with Crippen molar-refractivity contribution in [2.24, 2.45) is 0 Å². The molecular weight excluding hydrogens is 363 g/mol. The molecule has 0 radical (unpaired) electrons. The second-order valence-electron chi connectivity index (χ2n) is 5.99. The number of anilines is 1. The van der Waals surface area contributed by atoms with E-state index in [1.807, 2.05) is 4.90 Å². The Labute approximate surface area is 153 Å². The fourth-order valence-corrected chi connectivity index (χ4v) is 2.73. The summed E-state index contributed by atoms with van der Waals surface area (Å²) in [7, 11) is 1.32. The Hall–Kier alpha value is -2.75. The lowest BCUT2D eigenvalue weighted by atomic mass is 10.2. The molecule has 7 nitrogen and oxygen atoms in total. The van der Waals surface area contributed by atoms with Gasteiger partial charge in [0.1, 0.15) is 11.5 Å². The van der Waals surface area contributed by atoms with Crippen molar-refractivity contribution in [3.8, 4) is 11.5 Å². The molecule has 0 atom stereocenters. The SMILES string of the molecule is COC(=O)CN1CCN(c2cc(C(F)(F)F)nc(-c3ccccn3)n2)CC1. The molecule has 1 aliphatic rings. The summed E-state index contributed by atoms with van der Waals surface area (Å²) in [5, 5.41) is 0. The van der Waals surface area contributed by atoms with Gasteiger partial charge in [-0.05, 0) is 12.1 Å². The Morgan fingerprint density at radius 3 is 2.52 bits per heavy atom. The van der Waals surface area contributed by atoms with Gasteiger partial charge in [0.25, 0.3) is 0 Å². The molecule has 0 spiro atoms. The highest BCUT2D eigenvalue weighted by Crippen LogP contribution is 2.31. The number of methoxy groups -OCH3 is 1. The van der Waals surface area contributed by atoms with E-state index in [4.69, 9.17) is 0 Å². The highest BCUT2D eigenvalue weighted by atomic mass is 19.4. The fourth-order valence-electron chi connectivity index (χ4n) is 2.73. The number of nitrogens with zero attached hydrogens (tertiary/aromatic N) is 5. The van der Waals surface area contributed by atoms with Crippen molar-refractivity contribution in [3.05, 3.63) is 36.2 Å². The topological polar surface area (TPSA) is 71.5 Å². The van der Waals surface area contributed by atoms with E-state index in [0.717, 1.165) is 6.07 Å². The summed E-state index contributed by atoms with van der Waals surface area (Å²) in [5.74, 6) is -0.226. The zero-order chi connectivity index (χ0) is 19.4. The van der Waals surface area contributed by atoms with Gasteiger partial charge in [0, 0.05) is 38.4 Å². The van der Waals surface area contributed by atoms with Gasteiger partial charge < -0.3 is 9.64 Å². The first-order valence-electron chi connectivity index (χ1n) is 8.28. The van der Waals surface area contributed by atoms with Crippen molar-refractivity contribution in [1.82, 2.24) is 19.9 Å². The highest BCUT2D eigenvalue weighted by molar-refractivity contribution is 5.71. The summed E-state index contributed by atoms with van der Waals surface area (Å²) in [5.41, 5.74) is -0.737. The third-order valence-corrected chi connectivity index (χ3v) is 4.17. The second-order valence-corrected chi connectivity index (χ2v) is 5.99. The minimum absolute atomic E-state index is 0.0718. The monoisotopic (exact) mass is 381 g/mol. The Balaban J connectivity index is 1.84. The molecule has 0 unspecified atom stereocenters. The predicted molar refractivity (Wildman–Crippen MR) is 90.9 cm³/mol. The lowest BCUT2D eigenvalue weighted by molar-refractivity contribution is -0.142. The average molecular weight is 381 g/mol. The maximum absolute atomic E-state index is 13.3. The number of hydrogen-bond donors (Lipinski definition) is 0. The second kappa shape index (κ2) is 7.87. The van der Waals surface area contributed by atoms with Crippen LogP contribution in [0.25, 0.3) is 11.5 Å². The summed E-state index contributed by atoms with van der Waals surface area (Å²) in [6, 6.07) is 5.84. The van der Waals surface area contributed by atoms with Crippen LogP contribution >= 0.6 is 0 Å². The number of carbonyl (C=O) groups excluding carboxylic acids is 1. The standard InChI is InChI=1S/C17H18F3N5O2/c1-27-15(26)11-24-6-8-25(9-7-24)14-10-13(17(18,19)20)22-16(23-14)12-4-2-3-5-21-12/h2-5,10H,6-9,11H2,1H3. The quantitative estimate of drug-likeness (QED) is 0.749. The summed E-state index contributed by atoms with van der Waals surface area (Å²) in [6.45, 7) is 2.06. The van der Waals surface area contributed by atoms with E-state index in [2.05, 4.69) is 19.7 Å². The van der Waals surface area contributed by atoms with E-state index < -0.39 is 11.9 Å². The van der Waals surface area contributed by atoms with Crippen LogP contribution in [0.4, 0.5) is 19.0 Å². The normalized spacial score (nSPS) is 15.6. The zero-order valence-electron chi connectivity index (χ0n) is 14.6. The third kappa shape index (κ3) is 4.70. The van der Waals surface area contributed by atoms with E-state index in [0.29, 0.717) is 26.2 Å². The molecule has 3 rings (SSSR count). The van der Waals surface area contributed by atoms with Gasteiger partial charge in [0.2, 0.25) is 0 Å². The minimum Gasteiger partial charge on any atom is -0.468 e. The zero-order valence-corrected chi connectivity index (χ0v) is 14.6. The van der Waals surface area contributed by atoms with Crippen molar-refractivity contribution < 1.29 is 22.7 Å². The van der Waals surface area contributed by atoms with Crippen LogP contribution in [0.2, 0.25) is 0 Å². The lowest BCUT2D eigenvalue weighted by Gasteiger charge is -2.35. The molecule has 3 heterocycles. The first-order chi connectivity index (χ1) is 12.9. The van der Waals surface area contributed by atoms with Gasteiger partial charge in [-0.25, -0.2) is 9.97 Å². The summed E-state index contributed by atoms with van der Waals surface area (Å²) < 4.78 is 44.5. The molecule has 1 fully saturated rings. The Bertz CT molecular complexity index is 793. The Morgan fingerprint density at radius 2 is 1.93 bits per heavy atom. The largest absolute Gasteiger partial charge is 0.468 e. The molecule has 10 heteroatoms. The minimum atomic E-state index is -4.59. The van der Waals surface area contributed by atoms with Crippen molar-refractivity contribution in [1.29, 1.82) is 0 Å². The van der Waals surface area contributed by atoms with E-state index in [1.165, 1.54) is 13.3 Å². The maximum atomic E-state index is 13.3. The van der Waals surface area contributed by atoms with E-state index in [9.17, 15) is 18.0 Å². The van der Waals surface area contributed by atoms with Gasteiger partial charge in [-0.3, -0.25) is 14.7 Å². The molecule has 0 aliphatic carbocycles. The van der Waals surface area contributed by atoms with Crippen LogP contribution in [0.1, 0.15) is 5.69 Å². The number of halogens is 3. The number of piperazine rings is 1.